The van der Waals surface area contributed by atoms with Crippen LogP contribution in [0.2, 0.25) is 0 Å². The van der Waals surface area contributed by atoms with Crippen molar-refractivity contribution in [3.05, 3.63) is 36.2 Å². The van der Waals surface area contributed by atoms with E-state index in [1.165, 1.54) is 0 Å². The number of fused-ring (bicyclic) bond motifs is 1. The van der Waals surface area contributed by atoms with Crippen molar-refractivity contribution in [2.75, 3.05) is 12.3 Å². The molecule has 0 unspecified atom stereocenters. The molecule has 3 N–H and O–H groups in total. The lowest BCUT2D eigenvalue weighted by molar-refractivity contribution is 0.592. The zero-order valence-corrected chi connectivity index (χ0v) is 10.0. The van der Waals surface area contributed by atoms with E-state index < -0.39 is 10.0 Å². The number of sulfonamides is 1. The van der Waals surface area contributed by atoms with Gasteiger partial charge in [-0.05, 0) is 12.1 Å². The molecule has 0 aliphatic rings. The second kappa shape index (κ2) is 4.82. The van der Waals surface area contributed by atoms with E-state index in [1.807, 2.05) is 24.4 Å². The number of pyridine rings is 1. The van der Waals surface area contributed by atoms with E-state index in [0.717, 1.165) is 11.1 Å². The molecule has 2 aromatic rings. The number of nitrogens with one attached hydrogen (secondary N) is 1. The number of nitrogens with zero attached hydrogens (tertiary/aromatic N) is 2. The summed E-state index contributed by atoms with van der Waals surface area (Å²) in [6.07, 6.45) is 3.63. The molecular formula is C10H14N4O2S. The van der Waals surface area contributed by atoms with Crippen LogP contribution in [0.5, 0.6) is 0 Å². The summed E-state index contributed by atoms with van der Waals surface area (Å²) in [7, 11) is -3.39. The Balaban J connectivity index is 1.96. The molecule has 0 fully saturated rings. The Kier molecular flexibility index (Phi) is 3.41. The Morgan fingerprint density at radius 1 is 1.41 bits per heavy atom. The third-order valence-electron chi connectivity index (χ3n) is 2.39. The molecule has 0 spiro atoms. The molecule has 0 saturated carbocycles. The highest BCUT2D eigenvalue weighted by atomic mass is 32.2. The molecule has 2 aromatic heterocycles. The summed E-state index contributed by atoms with van der Waals surface area (Å²) in [6.45, 7) is 0.909. The number of primary sulfonamides is 1. The first-order valence-corrected chi connectivity index (χ1v) is 6.90. The lowest BCUT2D eigenvalue weighted by Gasteiger charge is -2.02. The van der Waals surface area contributed by atoms with Crippen LogP contribution in [0.15, 0.2) is 30.6 Å². The summed E-state index contributed by atoms with van der Waals surface area (Å²) in [5, 5.41) is 12.1. The van der Waals surface area contributed by atoms with Gasteiger partial charge in [0.15, 0.2) is 0 Å². The van der Waals surface area contributed by atoms with E-state index in [9.17, 15) is 8.42 Å². The van der Waals surface area contributed by atoms with Gasteiger partial charge in [0.05, 0.1) is 17.5 Å². The largest absolute Gasteiger partial charge is 0.311 e. The van der Waals surface area contributed by atoms with E-state index >= 15 is 0 Å². The summed E-state index contributed by atoms with van der Waals surface area (Å²) < 4.78 is 23.2. The highest BCUT2D eigenvalue weighted by Gasteiger charge is 2.04. The van der Waals surface area contributed by atoms with Crippen LogP contribution >= 0.6 is 0 Å². The van der Waals surface area contributed by atoms with Gasteiger partial charge in [0.2, 0.25) is 10.0 Å². The van der Waals surface area contributed by atoms with Gasteiger partial charge in [0.25, 0.3) is 0 Å². The highest BCUT2D eigenvalue weighted by molar-refractivity contribution is 7.89. The fourth-order valence-electron chi connectivity index (χ4n) is 1.56. The standard InChI is InChI=1S/C10H14N4O2S/c11-17(15,16)6-4-12-7-9-8-13-14-5-2-1-3-10(9)14/h1-3,5,8,12H,4,6-7H2,(H2,11,15,16). The molecule has 7 heteroatoms. The van der Waals surface area contributed by atoms with Crippen LogP contribution in [0.3, 0.4) is 0 Å². The van der Waals surface area contributed by atoms with Gasteiger partial charge in [-0.1, -0.05) is 6.07 Å². The van der Waals surface area contributed by atoms with Crippen molar-refractivity contribution in [2.45, 2.75) is 6.54 Å². The maximum absolute atomic E-state index is 10.7. The second-order valence-corrected chi connectivity index (χ2v) is 5.48. The van der Waals surface area contributed by atoms with Crippen LogP contribution in [0, 0.1) is 0 Å². The molecule has 6 nitrogen and oxygen atoms in total. The van der Waals surface area contributed by atoms with Gasteiger partial charge in [-0.2, -0.15) is 5.10 Å². The minimum Gasteiger partial charge on any atom is -0.311 e. The van der Waals surface area contributed by atoms with E-state index in [2.05, 4.69) is 10.4 Å². The van der Waals surface area contributed by atoms with Gasteiger partial charge in [-0.3, -0.25) is 0 Å². The van der Waals surface area contributed by atoms with Crippen LogP contribution in [-0.2, 0) is 16.6 Å². The lowest BCUT2D eigenvalue weighted by atomic mass is 10.2. The summed E-state index contributed by atoms with van der Waals surface area (Å²) >= 11 is 0. The smallest absolute Gasteiger partial charge is 0.210 e. The molecule has 0 saturated heterocycles. The van der Waals surface area contributed by atoms with Crippen LogP contribution in [0.1, 0.15) is 5.56 Å². The van der Waals surface area contributed by atoms with Crippen molar-refractivity contribution in [3.8, 4) is 0 Å². The number of nitrogens with two attached hydrogens (primary N) is 1. The number of aromatic nitrogens is 2. The van der Waals surface area contributed by atoms with Crippen molar-refractivity contribution >= 4 is 15.5 Å². The Morgan fingerprint density at radius 3 is 3.00 bits per heavy atom. The monoisotopic (exact) mass is 254 g/mol. The van der Waals surface area contributed by atoms with Crippen molar-refractivity contribution in [1.29, 1.82) is 0 Å². The third kappa shape index (κ3) is 3.26. The highest BCUT2D eigenvalue weighted by Crippen LogP contribution is 2.08. The lowest BCUT2D eigenvalue weighted by Crippen LogP contribution is -2.26. The number of rotatable bonds is 5. The first-order chi connectivity index (χ1) is 8.06. The summed E-state index contributed by atoms with van der Waals surface area (Å²) in [4.78, 5) is 0. The Bertz CT molecular complexity index is 606. The molecule has 0 radical (unpaired) electrons. The van der Waals surface area contributed by atoms with Crippen molar-refractivity contribution in [2.24, 2.45) is 5.14 Å². The maximum atomic E-state index is 10.7. The SMILES string of the molecule is NS(=O)(=O)CCNCc1cnn2ccccc12. The topological polar surface area (TPSA) is 89.5 Å². The number of hydrogen-bond acceptors (Lipinski definition) is 4. The molecule has 0 amide bonds. The van der Waals surface area contributed by atoms with Crippen molar-refractivity contribution in [3.63, 3.8) is 0 Å². The molecule has 0 aromatic carbocycles. The summed E-state index contributed by atoms with van der Waals surface area (Å²) in [5.41, 5.74) is 2.04. The van der Waals surface area contributed by atoms with Crippen LogP contribution < -0.4 is 10.5 Å². The zero-order chi connectivity index (χ0) is 12.3. The average Bonchev–Trinajstić information content (AvgIpc) is 2.67. The summed E-state index contributed by atoms with van der Waals surface area (Å²) in [6, 6.07) is 5.80. The molecule has 0 atom stereocenters. The number of hydrogen-bond donors (Lipinski definition) is 2. The van der Waals surface area contributed by atoms with E-state index in [1.54, 1.807) is 10.7 Å². The van der Waals surface area contributed by atoms with Gasteiger partial charge in [0, 0.05) is 24.8 Å². The Hall–Kier alpha value is -1.44. The van der Waals surface area contributed by atoms with E-state index in [0.29, 0.717) is 13.1 Å². The van der Waals surface area contributed by atoms with Gasteiger partial charge in [-0.15, -0.1) is 0 Å². The minimum atomic E-state index is -3.39. The van der Waals surface area contributed by atoms with Crippen molar-refractivity contribution in [1.82, 2.24) is 14.9 Å². The van der Waals surface area contributed by atoms with Crippen LogP contribution in [-0.4, -0.2) is 30.3 Å². The quantitative estimate of drug-likeness (QED) is 0.718. The predicted molar refractivity (Wildman–Crippen MR) is 64.9 cm³/mol. The predicted octanol–water partition coefficient (Wildman–Crippen LogP) is -0.288. The van der Waals surface area contributed by atoms with E-state index in [-0.39, 0.29) is 5.75 Å². The van der Waals surface area contributed by atoms with Gasteiger partial charge >= 0.3 is 0 Å². The van der Waals surface area contributed by atoms with E-state index in [4.69, 9.17) is 5.14 Å². The van der Waals surface area contributed by atoms with Gasteiger partial charge in [-0.25, -0.2) is 18.1 Å². The molecule has 0 bridgehead atoms. The Labute approximate surface area is 99.5 Å². The molecule has 0 aliphatic heterocycles. The third-order valence-corrected chi connectivity index (χ3v) is 3.16. The fraction of sp³-hybridized carbons (Fsp3) is 0.300. The average molecular weight is 254 g/mol. The fourth-order valence-corrected chi connectivity index (χ4v) is 1.99. The molecule has 0 aliphatic carbocycles. The van der Waals surface area contributed by atoms with Crippen LogP contribution in [0.25, 0.3) is 5.52 Å². The van der Waals surface area contributed by atoms with Gasteiger partial charge in [0.1, 0.15) is 0 Å². The molecular weight excluding hydrogens is 240 g/mol. The van der Waals surface area contributed by atoms with Crippen molar-refractivity contribution < 1.29 is 8.42 Å². The molecule has 2 rings (SSSR count). The zero-order valence-electron chi connectivity index (χ0n) is 9.20. The molecule has 2 heterocycles. The van der Waals surface area contributed by atoms with Gasteiger partial charge < -0.3 is 5.32 Å². The normalized spacial score (nSPS) is 12.1. The second-order valence-electron chi connectivity index (χ2n) is 3.74. The minimum absolute atomic E-state index is 0.0633. The Morgan fingerprint density at radius 2 is 2.24 bits per heavy atom. The molecule has 17 heavy (non-hydrogen) atoms. The molecule has 92 valence electrons. The van der Waals surface area contributed by atoms with Crippen LogP contribution in [0.4, 0.5) is 0 Å². The first-order valence-electron chi connectivity index (χ1n) is 5.19. The first kappa shape index (κ1) is 12.0. The summed E-state index contributed by atoms with van der Waals surface area (Å²) in [5.74, 6) is -0.0633. The maximum Gasteiger partial charge on any atom is 0.210 e.